The van der Waals surface area contributed by atoms with E-state index >= 15 is 0 Å². The van der Waals surface area contributed by atoms with Crippen molar-refractivity contribution in [2.75, 3.05) is 20.8 Å². The van der Waals surface area contributed by atoms with E-state index in [-0.39, 0.29) is 18.6 Å². The van der Waals surface area contributed by atoms with Crippen LogP contribution in [0.1, 0.15) is 21.5 Å². The molecule has 0 spiro atoms. The monoisotopic (exact) mass is 327 g/mol. The summed E-state index contributed by atoms with van der Waals surface area (Å²) in [4.78, 5) is 14.5. The maximum atomic E-state index is 12.8. The van der Waals surface area contributed by atoms with E-state index in [4.69, 9.17) is 9.47 Å². The summed E-state index contributed by atoms with van der Waals surface area (Å²) in [5.41, 5.74) is 2.60. The largest absolute Gasteiger partial charge is 0.493 e. The van der Waals surface area contributed by atoms with Crippen molar-refractivity contribution in [3.63, 3.8) is 0 Å². The molecule has 0 bridgehead atoms. The number of carbonyl (C=O) groups is 1. The smallest absolute Gasteiger partial charge is 0.254 e. The fourth-order valence-corrected chi connectivity index (χ4v) is 3.12. The van der Waals surface area contributed by atoms with Crippen LogP contribution >= 0.6 is 0 Å². The first-order valence-corrected chi connectivity index (χ1v) is 7.88. The molecule has 0 saturated heterocycles. The van der Waals surface area contributed by atoms with Gasteiger partial charge in [0.15, 0.2) is 11.5 Å². The number of aliphatic hydroxyl groups is 1. The molecule has 1 aliphatic rings. The van der Waals surface area contributed by atoms with Gasteiger partial charge in [-0.15, -0.1) is 0 Å². The van der Waals surface area contributed by atoms with E-state index in [1.807, 2.05) is 36.4 Å². The van der Waals surface area contributed by atoms with E-state index in [1.165, 1.54) is 0 Å². The summed E-state index contributed by atoms with van der Waals surface area (Å²) in [6.45, 7) is 0.384. The standard InChI is InChI=1S/C19H21NO4/c1-23-17-9-14-11-20(19(22)16(14)10-18(17)24-2)15(12-21)8-13-6-4-3-5-7-13/h3-7,9-10,15,21H,8,11-12H2,1-2H3/t15-/m0/s1. The Balaban J connectivity index is 1.86. The first-order chi connectivity index (χ1) is 11.7. The molecule has 1 amide bonds. The summed E-state index contributed by atoms with van der Waals surface area (Å²) in [6, 6.07) is 13.2. The Morgan fingerprint density at radius 1 is 1.12 bits per heavy atom. The van der Waals surface area contributed by atoms with Crippen LogP contribution in [0.4, 0.5) is 0 Å². The Labute approximate surface area is 141 Å². The highest BCUT2D eigenvalue weighted by molar-refractivity contribution is 5.99. The van der Waals surface area contributed by atoms with E-state index in [2.05, 4.69) is 0 Å². The van der Waals surface area contributed by atoms with Crippen molar-refractivity contribution in [3.05, 3.63) is 59.2 Å². The van der Waals surface area contributed by atoms with Gasteiger partial charge in [-0.05, 0) is 29.7 Å². The zero-order valence-corrected chi connectivity index (χ0v) is 13.9. The number of ether oxygens (including phenoxy) is 2. The van der Waals surface area contributed by atoms with Crippen LogP contribution < -0.4 is 9.47 Å². The van der Waals surface area contributed by atoms with Crippen molar-refractivity contribution in [1.82, 2.24) is 4.90 Å². The van der Waals surface area contributed by atoms with Crippen LogP contribution in [0.15, 0.2) is 42.5 Å². The minimum absolute atomic E-state index is 0.0805. The van der Waals surface area contributed by atoms with Crippen LogP contribution in [0.25, 0.3) is 0 Å². The van der Waals surface area contributed by atoms with Crippen LogP contribution in [-0.4, -0.2) is 42.8 Å². The van der Waals surface area contributed by atoms with Crippen LogP contribution in [0.2, 0.25) is 0 Å². The minimum atomic E-state index is -0.260. The third-order valence-corrected chi connectivity index (χ3v) is 4.41. The van der Waals surface area contributed by atoms with Gasteiger partial charge in [0.2, 0.25) is 0 Å². The number of carbonyl (C=O) groups excluding carboxylic acids is 1. The molecule has 0 aliphatic carbocycles. The average molecular weight is 327 g/mol. The Kier molecular flexibility index (Phi) is 4.71. The molecule has 2 aromatic carbocycles. The molecule has 1 atom stereocenters. The van der Waals surface area contributed by atoms with E-state index in [0.717, 1.165) is 11.1 Å². The molecule has 2 aromatic rings. The fraction of sp³-hybridized carbons (Fsp3) is 0.316. The summed E-state index contributed by atoms with van der Waals surface area (Å²) in [7, 11) is 3.12. The van der Waals surface area contributed by atoms with Crippen LogP contribution in [-0.2, 0) is 13.0 Å². The number of hydrogen-bond donors (Lipinski definition) is 1. The van der Waals surface area contributed by atoms with E-state index in [1.54, 1.807) is 25.2 Å². The number of benzene rings is 2. The Hall–Kier alpha value is -2.53. The zero-order chi connectivity index (χ0) is 17.1. The van der Waals surface area contributed by atoms with E-state index in [9.17, 15) is 9.90 Å². The van der Waals surface area contributed by atoms with E-state index < -0.39 is 0 Å². The van der Waals surface area contributed by atoms with Crippen LogP contribution in [0.3, 0.4) is 0 Å². The first kappa shape index (κ1) is 16.3. The van der Waals surface area contributed by atoms with Gasteiger partial charge in [0.1, 0.15) is 0 Å². The lowest BCUT2D eigenvalue weighted by molar-refractivity contribution is 0.0617. The Morgan fingerprint density at radius 2 is 1.79 bits per heavy atom. The predicted octanol–water partition coefficient (Wildman–Crippen LogP) is 2.26. The topological polar surface area (TPSA) is 59.0 Å². The first-order valence-electron chi connectivity index (χ1n) is 7.88. The Bertz CT molecular complexity index is 730. The van der Waals surface area contributed by atoms with Gasteiger partial charge < -0.3 is 19.5 Å². The predicted molar refractivity (Wildman–Crippen MR) is 90.4 cm³/mol. The molecule has 1 heterocycles. The molecule has 126 valence electrons. The van der Waals surface area contributed by atoms with Crippen molar-refractivity contribution >= 4 is 5.91 Å². The van der Waals surface area contributed by atoms with Gasteiger partial charge in [-0.2, -0.15) is 0 Å². The summed E-state index contributed by atoms with van der Waals surface area (Å²) in [6.07, 6.45) is 0.616. The van der Waals surface area contributed by atoms with E-state index in [0.29, 0.717) is 30.0 Å². The molecule has 1 aliphatic heterocycles. The van der Waals surface area contributed by atoms with Crippen molar-refractivity contribution in [1.29, 1.82) is 0 Å². The number of aliphatic hydroxyl groups excluding tert-OH is 1. The van der Waals surface area contributed by atoms with Gasteiger partial charge >= 0.3 is 0 Å². The lowest BCUT2D eigenvalue weighted by Gasteiger charge is -2.26. The molecule has 24 heavy (non-hydrogen) atoms. The fourth-order valence-electron chi connectivity index (χ4n) is 3.12. The molecule has 5 heteroatoms. The summed E-state index contributed by atoms with van der Waals surface area (Å²) in [5.74, 6) is 1.06. The van der Waals surface area contributed by atoms with Gasteiger partial charge in [0.25, 0.3) is 5.91 Å². The van der Waals surface area contributed by atoms with Gasteiger partial charge in [-0.1, -0.05) is 30.3 Å². The highest BCUT2D eigenvalue weighted by atomic mass is 16.5. The van der Waals surface area contributed by atoms with Crippen molar-refractivity contribution in [2.45, 2.75) is 19.0 Å². The molecule has 3 rings (SSSR count). The molecular weight excluding hydrogens is 306 g/mol. The van der Waals surface area contributed by atoms with Gasteiger partial charge in [0.05, 0.1) is 26.9 Å². The molecule has 0 aromatic heterocycles. The molecule has 0 saturated carbocycles. The second kappa shape index (κ2) is 6.93. The average Bonchev–Trinajstić information content (AvgIpc) is 2.95. The lowest BCUT2D eigenvalue weighted by atomic mass is 10.1. The van der Waals surface area contributed by atoms with Crippen LogP contribution in [0.5, 0.6) is 11.5 Å². The summed E-state index contributed by atoms with van der Waals surface area (Å²) < 4.78 is 10.6. The molecule has 1 N–H and O–H groups in total. The van der Waals surface area contributed by atoms with Crippen molar-refractivity contribution in [3.8, 4) is 11.5 Å². The number of rotatable bonds is 6. The highest BCUT2D eigenvalue weighted by Gasteiger charge is 2.33. The highest BCUT2D eigenvalue weighted by Crippen LogP contribution is 2.35. The maximum absolute atomic E-state index is 12.8. The third kappa shape index (κ3) is 2.95. The number of amides is 1. The molecule has 5 nitrogen and oxygen atoms in total. The molecule has 0 fully saturated rings. The minimum Gasteiger partial charge on any atom is -0.493 e. The maximum Gasteiger partial charge on any atom is 0.254 e. The summed E-state index contributed by atoms with van der Waals surface area (Å²) in [5, 5.41) is 9.80. The van der Waals surface area contributed by atoms with Crippen molar-refractivity contribution < 1.29 is 19.4 Å². The van der Waals surface area contributed by atoms with Gasteiger partial charge in [-0.3, -0.25) is 4.79 Å². The number of fused-ring (bicyclic) bond motifs is 1. The molecular formula is C19H21NO4. The molecule has 0 radical (unpaired) electrons. The van der Waals surface area contributed by atoms with Gasteiger partial charge in [0, 0.05) is 12.1 Å². The summed E-state index contributed by atoms with van der Waals surface area (Å²) >= 11 is 0. The zero-order valence-electron chi connectivity index (χ0n) is 13.9. The van der Waals surface area contributed by atoms with Crippen LogP contribution in [0, 0.1) is 0 Å². The number of methoxy groups -OCH3 is 2. The second-order valence-corrected chi connectivity index (χ2v) is 5.82. The van der Waals surface area contributed by atoms with Crippen molar-refractivity contribution in [2.24, 2.45) is 0 Å². The number of hydrogen-bond acceptors (Lipinski definition) is 4. The third-order valence-electron chi connectivity index (χ3n) is 4.41. The Morgan fingerprint density at radius 3 is 2.42 bits per heavy atom. The number of nitrogens with zero attached hydrogens (tertiary/aromatic N) is 1. The van der Waals surface area contributed by atoms with Gasteiger partial charge in [-0.25, -0.2) is 0 Å². The lowest BCUT2D eigenvalue weighted by Crippen LogP contribution is -2.39. The molecule has 0 unspecified atom stereocenters. The normalized spacial score (nSPS) is 14.5. The quantitative estimate of drug-likeness (QED) is 0.884. The second-order valence-electron chi connectivity index (χ2n) is 5.82. The SMILES string of the molecule is COc1cc2c(cc1OC)C(=O)N([C@H](CO)Cc1ccccc1)C2.